The molecule has 96 valence electrons. The van der Waals surface area contributed by atoms with Gasteiger partial charge in [-0.1, -0.05) is 0 Å². The molecule has 8 heteroatoms. The number of aliphatic hydroxyl groups is 1. The highest BCUT2D eigenvalue weighted by Crippen LogP contribution is 2.31. The summed E-state index contributed by atoms with van der Waals surface area (Å²) < 4.78 is 0. The van der Waals surface area contributed by atoms with Crippen LogP contribution in [0.4, 0.5) is 11.5 Å². The van der Waals surface area contributed by atoms with Gasteiger partial charge in [0.2, 0.25) is 5.82 Å². The number of nitro groups is 1. The smallest absolute Gasteiger partial charge is 0.326 e. The van der Waals surface area contributed by atoms with Crippen molar-refractivity contribution in [3.63, 3.8) is 0 Å². The first-order valence-electron chi connectivity index (χ1n) is 5.27. The van der Waals surface area contributed by atoms with E-state index in [9.17, 15) is 20.0 Å². The number of rotatable bonds is 3. The fourth-order valence-electron chi connectivity index (χ4n) is 2.03. The van der Waals surface area contributed by atoms with Gasteiger partial charge in [0.05, 0.1) is 11.0 Å². The molecule has 2 atom stereocenters. The molecule has 2 unspecified atom stereocenters. The fourth-order valence-corrected chi connectivity index (χ4v) is 2.03. The standard InChI is InChI=1S/C10H11N3O5/c14-6-4-8(10(15)16)12(5-6)9-7(13(17)18)2-1-3-11-9/h1-3,6,8,14H,4-5H2,(H,15,16). The highest BCUT2D eigenvalue weighted by atomic mass is 16.6. The number of aliphatic carboxylic acids is 1. The summed E-state index contributed by atoms with van der Waals surface area (Å²) >= 11 is 0. The zero-order chi connectivity index (χ0) is 13.3. The molecular weight excluding hydrogens is 242 g/mol. The van der Waals surface area contributed by atoms with E-state index in [2.05, 4.69) is 4.98 Å². The van der Waals surface area contributed by atoms with Crippen molar-refractivity contribution in [1.29, 1.82) is 0 Å². The Bertz CT molecular complexity index is 492. The van der Waals surface area contributed by atoms with Crippen molar-refractivity contribution in [2.45, 2.75) is 18.6 Å². The minimum atomic E-state index is -1.13. The highest BCUT2D eigenvalue weighted by molar-refractivity contribution is 5.80. The molecule has 0 amide bonds. The number of aromatic nitrogens is 1. The molecule has 1 aliphatic rings. The molecule has 1 aromatic heterocycles. The van der Waals surface area contributed by atoms with Crippen LogP contribution in [0.1, 0.15) is 6.42 Å². The number of carboxylic acid groups (broad SMARTS) is 1. The molecular formula is C10H11N3O5. The topological polar surface area (TPSA) is 117 Å². The molecule has 0 saturated carbocycles. The third kappa shape index (κ3) is 2.09. The van der Waals surface area contributed by atoms with Gasteiger partial charge in [-0.05, 0) is 6.07 Å². The van der Waals surface area contributed by atoms with Crippen molar-refractivity contribution in [1.82, 2.24) is 4.98 Å². The van der Waals surface area contributed by atoms with Crippen molar-refractivity contribution in [2.24, 2.45) is 0 Å². The molecule has 2 rings (SSSR count). The number of carboxylic acids is 1. The maximum Gasteiger partial charge on any atom is 0.326 e. The molecule has 18 heavy (non-hydrogen) atoms. The van der Waals surface area contributed by atoms with Crippen molar-refractivity contribution in [3.8, 4) is 0 Å². The molecule has 1 aliphatic heterocycles. The Morgan fingerprint density at radius 3 is 2.94 bits per heavy atom. The van der Waals surface area contributed by atoms with Gasteiger partial charge in [0.25, 0.3) is 0 Å². The van der Waals surface area contributed by atoms with E-state index < -0.39 is 23.0 Å². The first kappa shape index (κ1) is 12.2. The van der Waals surface area contributed by atoms with Crippen LogP contribution < -0.4 is 4.90 Å². The van der Waals surface area contributed by atoms with Crippen molar-refractivity contribution in [2.75, 3.05) is 11.4 Å². The number of aliphatic hydroxyl groups excluding tert-OH is 1. The van der Waals surface area contributed by atoms with Crippen LogP contribution in [0.15, 0.2) is 18.3 Å². The average Bonchev–Trinajstić information content (AvgIpc) is 2.71. The molecule has 1 fully saturated rings. The molecule has 2 heterocycles. The first-order valence-corrected chi connectivity index (χ1v) is 5.27. The summed E-state index contributed by atoms with van der Waals surface area (Å²) in [5, 5.41) is 29.4. The second-order valence-corrected chi connectivity index (χ2v) is 4.00. The lowest BCUT2D eigenvalue weighted by Crippen LogP contribution is -2.36. The Labute approximate surface area is 102 Å². The van der Waals surface area contributed by atoms with Gasteiger partial charge in [-0.3, -0.25) is 10.1 Å². The number of nitrogens with zero attached hydrogens (tertiary/aromatic N) is 3. The maximum absolute atomic E-state index is 11.1. The number of β-amino-alcohol motifs (C(OH)–C–C–N with tert-alkyl or cyclic N) is 1. The molecule has 1 aromatic rings. The monoisotopic (exact) mass is 253 g/mol. The molecule has 1 saturated heterocycles. The zero-order valence-electron chi connectivity index (χ0n) is 9.26. The third-order valence-corrected chi connectivity index (χ3v) is 2.80. The lowest BCUT2D eigenvalue weighted by atomic mass is 10.2. The summed E-state index contributed by atoms with van der Waals surface area (Å²) in [5.41, 5.74) is -0.266. The number of anilines is 1. The fraction of sp³-hybridized carbons (Fsp3) is 0.400. The second kappa shape index (κ2) is 4.57. The van der Waals surface area contributed by atoms with E-state index in [1.165, 1.54) is 23.2 Å². The van der Waals surface area contributed by atoms with E-state index in [4.69, 9.17) is 5.11 Å². The third-order valence-electron chi connectivity index (χ3n) is 2.80. The minimum absolute atomic E-state index is 0.0218. The number of pyridine rings is 1. The SMILES string of the molecule is O=C(O)C1CC(O)CN1c1ncccc1[N+](=O)[O-]. The predicted molar refractivity (Wildman–Crippen MR) is 60.3 cm³/mol. The molecule has 0 aromatic carbocycles. The van der Waals surface area contributed by atoms with E-state index in [1.807, 2.05) is 0 Å². The Morgan fingerprint density at radius 1 is 1.61 bits per heavy atom. The summed E-state index contributed by atoms with van der Waals surface area (Å²) in [7, 11) is 0. The number of carbonyl (C=O) groups is 1. The Balaban J connectivity index is 2.41. The Hall–Kier alpha value is -2.22. The van der Waals surface area contributed by atoms with Crippen LogP contribution in [-0.2, 0) is 4.79 Å². The first-order chi connectivity index (χ1) is 8.50. The lowest BCUT2D eigenvalue weighted by Gasteiger charge is -2.21. The summed E-state index contributed by atoms with van der Waals surface area (Å²) in [4.78, 5) is 26.4. The summed E-state index contributed by atoms with van der Waals surface area (Å²) in [5.74, 6) is -1.15. The Morgan fingerprint density at radius 2 is 2.33 bits per heavy atom. The van der Waals surface area contributed by atoms with Crippen LogP contribution in [-0.4, -0.2) is 44.8 Å². The quantitative estimate of drug-likeness (QED) is 0.575. The van der Waals surface area contributed by atoms with E-state index >= 15 is 0 Å². The van der Waals surface area contributed by atoms with Gasteiger partial charge in [0, 0.05) is 25.2 Å². The van der Waals surface area contributed by atoms with Gasteiger partial charge in [-0.25, -0.2) is 9.78 Å². The number of hydrogen-bond donors (Lipinski definition) is 2. The second-order valence-electron chi connectivity index (χ2n) is 4.00. The molecule has 0 bridgehead atoms. The molecule has 2 N–H and O–H groups in total. The minimum Gasteiger partial charge on any atom is -0.480 e. The summed E-state index contributed by atoms with van der Waals surface area (Å²) in [6.45, 7) is 0.0226. The predicted octanol–water partition coefficient (Wildman–Crippen LogP) is 0.0140. The molecule has 0 aliphatic carbocycles. The van der Waals surface area contributed by atoms with Gasteiger partial charge in [0.15, 0.2) is 0 Å². The van der Waals surface area contributed by atoms with Gasteiger partial charge >= 0.3 is 11.7 Å². The van der Waals surface area contributed by atoms with Crippen molar-refractivity contribution < 1.29 is 19.9 Å². The van der Waals surface area contributed by atoms with Crippen LogP contribution >= 0.6 is 0 Å². The number of hydrogen-bond acceptors (Lipinski definition) is 6. The van der Waals surface area contributed by atoms with Gasteiger partial charge in [-0.15, -0.1) is 0 Å². The molecule has 0 radical (unpaired) electrons. The van der Waals surface area contributed by atoms with Crippen molar-refractivity contribution >= 4 is 17.5 Å². The van der Waals surface area contributed by atoms with Gasteiger partial charge < -0.3 is 15.1 Å². The lowest BCUT2D eigenvalue weighted by molar-refractivity contribution is -0.384. The Kier molecular flexibility index (Phi) is 3.11. The van der Waals surface area contributed by atoms with Crippen molar-refractivity contribution in [3.05, 3.63) is 28.4 Å². The summed E-state index contributed by atoms with van der Waals surface area (Å²) in [6, 6.07) is 1.67. The summed E-state index contributed by atoms with van der Waals surface area (Å²) in [6.07, 6.45) is 0.558. The van der Waals surface area contributed by atoms with Gasteiger partial charge in [-0.2, -0.15) is 0 Å². The average molecular weight is 253 g/mol. The molecule has 8 nitrogen and oxygen atoms in total. The van der Waals surface area contributed by atoms with Crippen LogP contribution in [0.2, 0.25) is 0 Å². The van der Waals surface area contributed by atoms with E-state index in [1.54, 1.807) is 0 Å². The zero-order valence-corrected chi connectivity index (χ0v) is 9.26. The van der Waals surface area contributed by atoms with E-state index in [0.717, 1.165) is 0 Å². The van der Waals surface area contributed by atoms with E-state index in [-0.39, 0.29) is 24.5 Å². The van der Waals surface area contributed by atoms with Crippen LogP contribution in [0.5, 0.6) is 0 Å². The van der Waals surface area contributed by atoms with Gasteiger partial charge in [0.1, 0.15) is 6.04 Å². The van der Waals surface area contributed by atoms with E-state index in [0.29, 0.717) is 0 Å². The van der Waals surface area contributed by atoms with Crippen LogP contribution in [0.25, 0.3) is 0 Å². The molecule has 0 spiro atoms. The highest BCUT2D eigenvalue weighted by Gasteiger charge is 2.39. The maximum atomic E-state index is 11.1. The van der Waals surface area contributed by atoms with Crippen LogP contribution in [0, 0.1) is 10.1 Å². The largest absolute Gasteiger partial charge is 0.480 e. The normalized spacial score (nSPS) is 23.1. The van der Waals surface area contributed by atoms with Crippen LogP contribution in [0.3, 0.4) is 0 Å².